The SMILES string of the molecule is CN=C(NCC(C)N1CCc2ccccc2C1)NC1CCN(c2ncccc2Cl)C1.I. The molecule has 2 aliphatic heterocycles. The van der Waals surface area contributed by atoms with Crippen LogP contribution in [0.25, 0.3) is 0 Å². The summed E-state index contributed by atoms with van der Waals surface area (Å²) in [6.07, 6.45) is 3.95. The maximum absolute atomic E-state index is 6.31. The molecule has 168 valence electrons. The average molecular weight is 555 g/mol. The first-order valence-electron chi connectivity index (χ1n) is 10.8. The third-order valence-electron chi connectivity index (χ3n) is 6.14. The molecular weight excluding hydrogens is 523 g/mol. The number of hydrogen-bond donors (Lipinski definition) is 2. The number of rotatable bonds is 5. The standard InChI is InChI=1S/C23H31ClN6.HI/c1-17(29-12-9-18-6-3-4-7-19(18)15-29)14-27-23(25-2)28-20-10-13-30(16-20)22-21(24)8-5-11-26-22;/h3-8,11,17,20H,9-10,12-16H2,1-2H3,(H2,25,27,28);1H. The van der Waals surface area contributed by atoms with Crippen molar-refractivity contribution >= 4 is 47.4 Å². The third-order valence-corrected chi connectivity index (χ3v) is 6.43. The van der Waals surface area contributed by atoms with Crippen LogP contribution in [0.4, 0.5) is 5.82 Å². The fourth-order valence-corrected chi connectivity index (χ4v) is 4.58. The molecule has 0 amide bonds. The summed E-state index contributed by atoms with van der Waals surface area (Å²) in [5.41, 5.74) is 2.95. The fraction of sp³-hybridized carbons (Fsp3) is 0.478. The molecule has 0 spiro atoms. The molecule has 6 nitrogen and oxygen atoms in total. The quantitative estimate of drug-likeness (QED) is 0.336. The molecule has 0 saturated carbocycles. The van der Waals surface area contributed by atoms with Gasteiger partial charge in [0.15, 0.2) is 5.96 Å². The number of nitrogens with one attached hydrogen (secondary N) is 2. The number of hydrogen-bond acceptors (Lipinski definition) is 4. The van der Waals surface area contributed by atoms with E-state index < -0.39 is 0 Å². The van der Waals surface area contributed by atoms with Crippen molar-refractivity contribution in [2.24, 2.45) is 4.99 Å². The van der Waals surface area contributed by atoms with Gasteiger partial charge in [-0.25, -0.2) is 4.98 Å². The Kier molecular flexibility index (Phi) is 8.80. The van der Waals surface area contributed by atoms with Gasteiger partial charge in [0.25, 0.3) is 0 Å². The van der Waals surface area contributed by atoms with E-state index in [2.05, 4.69) is 61.6 Å². The van der Waals surface area contributed by atoms with E-state index >= 15 is 0 Å². The summed E-state index contributed by atoms with van der Waals surface area (Å²) in [5, 5.41) is 7.79. The van der Waals surface area contributed by atoms with E-state index in [1.54, 1.807) is 6.20 Å². The largest absolute Gasteiger partial charge is 0.355 e. The first-order valence-corrected chi connectivity index (χ1v) is 11.2. The highest BCUT2D eigenvalue weighted by Crippen LogP contribution is 2.25. The number of benzene rings is 1. The molecule has 2 unspecified atom stereocenters. The Balaban J connectivity index is 0.00000272. The van der Waals surface area contributed by atoms with Crippen molar-refractivity contribution in [3.05, 3.63) is 58.7 Å². The first kappa shape index (κ1) is 24.1. The summed E-state index contributed by atoms with van der Waals surface area (Å²) in [6.45, 7) is 7.09. The average Bonchev–Trinajstić information content (AvgIpc) is 3.24. The van der Waals surface area contributed by atoms with Crippen LogP contribution in [-0.4, -0.2) is 61.2 Å². The second-order valence-electron chi connectivity index (χ2n) is 8.18. The van der Waals surface area contributed by atoms with E-state index in [-0.39, 0.29) is 24.0 Å². The van der Waals surface area contributed by atoms with Crippen LogP contribution in [0, 0.1) is 0 Å². The van der Waals surface area contributed by atoms with E-state index in [4.69, 9.17) is 11.6 Å². The monoisotopic (exact) mass is 554 g/mol. The molecule has 1 aromatic heterocycles. The molecule has 2 atom stereocenters. The van der Waals surface area contributed by atoms with E-state index in [1.165, 1.54) is 11.1 Å². The number of aliphatic imine (C=N–C) groups is 1. The predicted octanol–water partition coefficient (Wildman–Crippen LogP) is 3.54. The lowest BCUT2D eigenvalue weighted by Gasteiger charge is -2.34. The molecule has 1 aromatic carbocycles. The Labute approximate surface area is 207 Å². The van der Waals surface area contributed by atoms with Gasteiger partial charge in [0.05, 0.1) is 5.02 Å². The third kappa shape index (κ3) is 6.02. The highest BCUT2D eigenvalue weighted by atomic mass is 127. The Morgan fingerprint density at radius 3 is 2.81 bits per heavy atom. The molecule has 2 aromatic rings. The molecule has 3 heterocycles. The number of nitrogens with zero attached hydrogens (tertiary/aromatic N) is 4. The number of anilines is 1. The summed E-state index contributed by atoms with van der Waals surface area (Å²) < 4.78 is 0. The van der Waals surface area contributed by atoms with Gasteiger partial charge in [-0.1, -0.05) is 35.9 Å². The van der Waals surface area contributed by atoms with Crippen molar-refractivity contribution in [1.82, 2.24) is 20.5 Å². The van der Waals surface area contributed by atoms with Gasteiger partial charge in [-0.15, -0.1) is 24.0 Å². The Morgan fingerprint density at radius 1 is 1.23 bits per heavy atom. The lowest BCUT2D eigenvalue weighted by atomic mass is 9.99. The summed E-state index contributed by atoms with van der Waals surface area (Å²) in [6, 6.07) is 13.3. The first-order chi connectivity index (χ1) is 14.6. The maximum Gasteiger partial charge on any atom is 0.191 e. The topological polar surface area (TPSA) is 55.8 Å². The highest BCUT2D eigenvalue weighted by Gasteiger charge is 2.26. The van der Waals surface area contributed by atoms with Gasteiger partial charge >= 0.3 is 0 Å². The lowest BCUT2D eigenvalue weighted by molar-refractivity contribution is 0.191. The van der Waals surface area contributed by atoms with Crippen LogP contribution in [0.2, 0.25) is 5.02 Å². The van der Waals surface area contributed by atoms with E-state index in [0.717, 1.165) is 57.3 Å². The van der Waals surface area contributed by atoms with Gasteiger partial charge in [0.1, 0.15) is 5.82 Å². The maximum atomic E-state index is 6.31. The van der Waals surface area contributed by atoms with Crippen LogP contribution in [-0.2, 0) is 13.0 Å². The van der Waals surface area contributed by atoms with E-state index in [0.29, 0.717) is 17.1 Å². The Morgan fingerprint density at radius 2 is 2.03 bits per heavy atom. The number of halogens is 2. The molecular formula is C23H32ClIN6. The minimum Gasteiger partial charge on any atom is -0.355 e. The van der Waals surface area contributed by atoms with Crippen LogP contribution in [0.3, 0.4) is 0 Å². The van der Waals surface area contributed by atoms with Crippen molar-refractivity contribution in [3.63, 3.8) is 0 Å². The van der Waals surface area contributed by atoms with Gasteiger partial charge in [0.2, 0.25) is 0 Å². The van der Waals surface area contributed by atoms with E-state index in [1.807, 2.05) is 19.2 Å². The summed E-state index contributed by atoms with van der Waals surface area (Å²) in [4.78, 5) is 13.7. The number of guanidine groups is 1. The van der Waals surface area contributed by atoms with Crippen LogP contribution < -0.4 is 15.5 Å². The predicted molar refractivity (Wildman–Crippen MR) is 140 cm³/mol. The number of fused-ring (bicyclic) bond motifs is 1. The number of pyridine rings is 1. The molecule has 0 aliphatic carbocycles. The van der Waals surface area contributed by atoms with Crippen LogP contribution >= 0.6 is 35.6 Å². The molecule has 1 saturated heterocycles. The van der Waals surface area contributed by atoms with Crippen LogP contribution in [0.1, 0.15) is 24.5 Å². The summed E-state index contributed by atoms with van der Waals surface area (Å²) in [7, 11) is 1.83. The summed E-state index contributed by atoms with van der Waals surface area (Å²) >= 11 is 6.31. The van der Waals surface area contributed by atoms with Crippen molar-refractivity contribution in [1.29, 1.82) is 0 Å². The molecule has 0 bridgehead atoms. The van der Waals surface area contributed by atoms with Crippen molar-refractivity contribution < 1.29 is 0 Å². The molecule has 1 fully saturated rings. The van der Waals surface area contributed by atoms with Crippen LogP contribution in [0.5, 0.6) is 0 Å². The van der Waals surface area contributed by atoms with Gasteiger partial charge < -0.3 is 15.5 Å². The molecule has 4 rings (SSSR count). The van der Waals surface area contributed by atoms with Gasteiger partial charge in [-0.05, 0) is 43.0 Å². The van der Waals surface area contributed by atoms with Crippen LogP contribution in [0.15, 0.2) is 47.6 Å². The molecule has 0 radical (unpaired) electrons. The normalized spacial score (nSPS) is 20.0. The van der Waals surface area contributed by atoms with Crippen molar-refractivity contribution in [2.45, 2.75) is 38.4 Å². The summed E-state index contributed by atoms with van der Waals surface area (Å²) in [5.74, 6) is 1.73. The van der Waals surface area contributed by atoms with Crippen molar-refractivity contribution in [2.75, 3.05) is 38.1 Å². The van der Waals surface area contributed by atoms with Gasteiger partial charge in [-0.2, -0.15) is 0 Å². The van der Waals surface area contributed by atoms with Crippen molar-refractivity contribution in [3.8, 4) is 0 Å². The zero-order valence-corrected chi connectivity index (χ0v) is 21.3. The molecule has 2 aliphatic rings. The fourth-order valence-electron chi connectivity index (χ4n) is 4.34. The minimum atomic E-state index is 0. The van der Waals surface area contributed by atoms with Gasteiger partial charge in [-0.3, -0.25) is 9.89 Å². The molecule has 31 heavy (non-hydrogen) atoms. The zero-order valence-electron chi connectivity index (χ0n) is 18.2. The zero-order chi connectivity index (χ0) is 20.9. The minimum absolute atomic E-state index is 0. The number of aromatic nitrogens is 1. The molecule has 8 heteroatoms. The second-order valence-corrected chi connectivity index (χ2v) is 8.58. The lowest BCUT2D eigenvalue weighted by Crippen LogP contribution is -2.49. The highest BCUT2D eigenvalue weighted by molar-refractivity contribution is 14.0. The smallest absolute Gasteiger partial charge is 0.191 e. The Bertz CT molecular complexity index is 892. The molecule has 2 N–H and O–H groups in total. The second kappa shape index (κ2) is 11.3. The van der Waals surface area contributed by atoms with E-state index in [9.17, 15) is 0 Å². The van der Waals surface area contributed by atoms with Gasteiger partial charge in [0, 0.05) is 58.1 Å². The Hall–Kier alpha value is -1.58.